The van der Waals surface area contributed by atoms with Gasteiger partial charge >= 0.3 is 5.97 Å². The van der Waals surface area contributed by atoms with Gasteiger partial charge < -0.3 is 10.2 Å². The van der Waals surface area contributed by atoms with E-state index < -0.39 is 12.0 Å². The molecule has 2 N–H and O–H groups in total. The number of aliphatic imine (C=N–C) groups is 1. The summed E-state index contributed by atoms with van der Waals surface area (Å²) in [7, 11) is 0. The fourth-order valence-electron chi connectivity index (χ4n) is 2.10. The molecule has 0 saturated heterocycles. The van der Waals surface area contributed by atoms with Gasteiger partial charge in [0.25, 0.3) is 0 Å². The van der Waals surface area contributed by atoms with Gasteiger partial charge in [0.05, 0.1) is 0 Å². The fourth-order valence-corrected chi connectivity index (χ4v) is 2.10. The molecule has 0 aliphatic rings. The number of hydrogen-bond donors (Lipinski definition) is 2. The number of fused-ring (bicyclic) bond motifs is 1. The molecule has 0 unspecified atom stereocenters. The first-order chi connectivity index (χ1) is 9.50. The summed E-state index contributed by atoms with van der Waals surface area (Å²) in [4.78, 5) is 15.3. The predicted molar refractivity (Wildman–Crippen MR) is 79.5 cm³/mol. The van der Waals surface area contributed by atoms with Gasteiger partial charge in [-0.25, -0.2) is 4.79 Å². The van der Waals surface area contributed by atoms with Crippen molar-refractivity contribution in [2.24, 2.45) is 10.9 Å². The van der Waals surface area contributed by atoms with Crippen molar-refractivity contribution in [3.63, 3.8) is 0 Å². The number of nitrogens with zero attached hydrogens (tertiary/aromatic N) is 1. The van der Waals surface area contributed by atoms with Gasteiger partial charge in [0.1, 0.15) is 11.8 Å². The van der Waals surface area contributed by atoms with Gasteiger partial charge in [0, 0.05) is 11.8 Å². The first-order valence-electron chi connectivity index (χ1n) is 6.47. The number of carboxylic acid groups (broad SMARTS) is 1. The molecule has 2 aromatic rings. The van der Waals surface area contributed by atoms with E-state index in [0.29, 0.717) is 5.56 Å². The molecule has 0 radical (unpaired) electrons. The number of phenolic OH excluding ortho intramolecular Hbond substituents is 1. The van der Waals surface area contributed by atoms with Crippen molar-refractivity contribution in [2.75, 3.05) is 0 Å². The zero-order chi connectivity index (χ0) is 14.7. The van der Waals surface area contributed by atoms with Crippen LogP contribution < -0.4 is 0 Å². The monoisotopic (exact) mass is 271 g/mol. The molecule has 0 fully saturated rings. The third kappa shape index (κ3) is 2.79. The highest BCUT2D eigenvalue weighted by molar-refractivity contribution is 6.02. The molecule has 4 nitrogen and oxygen atoms in total. The molecule has 0 amide bonds. The van der Waals surface area contributed by atoms with Crippen molar-refractivity contribution in [2.45, 2.75) is 19.9 Å². The molecule has 2 rings (SSSR count). The van der Waals surface area contributed by atoms with Gasteiger partial charge in [-0.2, -0.15) is 0 Å². The Morgan fingerprint density at radius 3 is 2.55 bits per heavy atom. The number of phenols is 1. The van der Waals surface area contributed by atoms with Crippen LogP contribution in [-0.4, -0.2) is 28.4 Å². The second-order valence-corrected chi connectivity index (χ2v) is 5.02. The van der Waals surface area contributed by atoms with Gasteiger partial charge in [0.15, 0.2) is 0 Å². The summed E-state index contributed by atoms with van der Waals surface area (Å²) in [5.74, 6) is -0.975. The average molecular weight is 271 g/mol. The van der Waals surface area contributed by atoms with Gasteiger partial charge in [-0.3, -0.25) is 4.99 Å². The first kappa shape index (κ1) is 14.1. The van der Waals surface area contributed by atoms with Crippen LogP contribution in [0.15, 0.2) is 41.4 Å². The van der Waals surface area contributed by atoms with E-state index in [1.54, 1.807) is 19.9 Å². The van der Waals surface area contributed by atoms with E-state index in [1.165, 1.54) is 6.21 Å². The lowest BCUT2D eigenvalue weighted by Crippen LogP contribution is -2.24. The van der Waals surface area contributed by atoms with Crippen molar-refractivity contribution < 1.29 is 15.0 Å². The molecule has 2 aromatic carbocycles. The predicted octanol–water partition coefficient (Wildman–Crippen LogP) is 3.07. The summed E-state index contributed by atoms with van der Waals surface area (Å²) in [6, 6.07) is 10.2. The SMILES string of the molecule is CC(C)[C@H](N=Cc1c(O)ccc2ccccc12)C(=O)O. The maximum atomic E-state index is 11.1. The van der Waals surface area contributed by atoms with Crippen molar-refractivity contribution in [1.29, 1.82) is 0 Å². The number of aromatic hydroxyl groups is 1. The minimum atomic E-state index is -0.962. The minimum absolute atomic E-state index is 0.0975. The zero-order valence-corrected chi connectivity index (χ0v) is 11.4. The number of hydrogen-bond acceptors (Lipinski definition) is 3. The van der Waals surface area contributed by atoms with Crippen LogP contribution in [0.2, 0.25) is 0 Å². The summed E-state index contributed by atoms with van der Waals surface area (Å²) in [5, 5.41) is 20.9. The van der Waals surface area contributed by atoms with Crippen LogP contribution in [0.5, 0.6) is 5.75 Å². The van der Waals surface area contributed by atoms with E-state index in [1.807, 2.05) is 30.3 Å². The molecule has 0 aromatic heterocycles. The standard InChI is InChI=1S/C16H17NO3/c1-10(2)15(16(19)20)17-9-13-12-6-4-3-5-11(12)7-8-14(13)18/h3-10,15,18H,1-2H3,(H,19,20)/t15-/m0/s1. The maximum Gasteiger partial charge on any atom is 0.328 e. The second kappa shape index (κ2) is 5.74. The van der Waals surface area contributed by atoms with Gasteiger partial charge in [-0.1, -0.05) is 44.2 Å². The third-order valence-corrected chi connectivity index (χ3v) is 3.20. The fraction of sp³-hybridized carbons (Fsp3) is 0.250. The normalized spacial score (nSPS) is 13.2. The molecule has 0 bridgehead atoms. The van der Waals surface area contributed by atoms with Crippen LogP contribution in [0.1, 0.15) is 19.4 Å². The van der Waals surface area contributed by atoms with Crippen molar-refractivity contribution in [3.05, 3.63) is 42.0 Å². The topological polar surface area (TPSA) is 69.9 Å². The number of benzene rings is 2. The van der Waals surface area contributed by atoms with E-state index in [-0.39, 0.29) is 11.7 Å². The molecular weight excluding hydrogens is 254 g/mol. The summed E-state index contributed by atoms with van der Waals surface area (Å²) in [5.41, 5.74) is 0.551. The molecule has 20 heavy (non-hydrogen) atoms. The van der Waals surface area contributed by atoms with Crippen LogP contribution in [-0.2, 0) is 4.79 Å². The van der Waals surface area contributed by atoms with E-state index >= 15 is 0 Å². The molecule has 0 saturated carbocycles. The number of carboxylic acids is 1. The average Bonchev–Trinajstić information content (AvgIpc) is 2.40. The highest BCUT2D eigenvalue weighted by Crippen LogP contribution is 2.25. The summed E-state index contributed by atoms with van der Waals surface area (Å²) >= 11 is 0. The number of carbonyl (C=O) groups is 1. The molecular formula is C16H17NO3. The van der Waals surface area contributed by atoms with Crippen LogP contribution in [0.4, 0.5) is 0 Å². The van der Waals surface area contributed by atoms with Crippen LogP contribution in [0.25, 0.3) is 10.8 Å². The quantitative estimate of drug-likeness (QED) is 0.839. The second-order valence-electron chi connectivity index (χ2n) is 5.02. The van der Waals surface area contributed by atoms with Crippen molar-refractivity contribution in [1.82, 2.24) is 0 Å². The van der Waals surface area contributed by atoms with Crippen molar-refractivity contribution in [3.8, 4) is 5.75 Å². The van der Waals surface area contributed by atoms with Crippen LogP contribution >= 0.6 is 0 Å². The zero-order valence-electron chi connectivity index (χ0n) is 11.4. The van der Waals surface area contributed by atoms with Crippen LogP contribution in [0.3, 0.4) is 0 Å². The van der Waals surface area contributed by atoms with Crippen LogP contribution in [0, 0.1) is 5.92 Å². The molecule has 1 atom stereocenters. The highest BCUT2D eigenvalue weighted by Gasteiger charge is 2.19. The summed E-state index contributed by atoms with van der Waals surface area (Å²) < 4.78 is 0. The van der Waals surface area contributed by atoms with E-state index in [4.69, 9.17) is 5.11 Å². The first-order valence-corrected chi connectivity index (χ1v) is 6.47. The Labute approximate surface area is 117 Å². The molecule has 104 valence electrons. The lowest BCUT2D eigenvalue weighted by atomic mass is 10.0. The largest absolute Gasteiger partial charge is 0.507 e. The molecule has 4 heteroatoms. The van der Waals surface area contributed by atoms with E-state index in [9.17, 15) is 9.90 Å². The van der Waals surface area contributed by atoms with E-state index in [2.05, 4.69) is 4.99 Å². The molecule has 0 heterocycles. The smallest absolute Gasteiger partial charge is 0.328 e. The Morgan fingerprint density at radius 2 is 1.90 bits per heavy atom. The maximum absolute atomic E-state index is 11.1. The Bertz CT molecular complexity index is 662. The lowest BCUT2D eigenvalue weighted by molar-refractivity contribution is -0.139. The molecule has 0 aliphatic heterocycles. The van der Waals surface area contributed by atoms with Crippen molar-refractivity contribution >= 4 is 23.0 Å². The Kier molecular flexibility index (Phi) is 4.03. The summed E-state index contributed by atoms with van der Waals surface area (Å²) in [6.07, 6.45) is 1.45. The van der Waals surface area contributed by atoms with E-state index in [0.717, 1.165) is 10.8 Å². The molecule has 0 spiro atoms. The van der Waals surface area contributed by atoms with Gasteiger partial charge in [-0.15, -0.1) is 0 Å². The Balaban J connectivity index is 2.47. The number of aliphatic carboxylic acids is 1. The van der Waals surface area contributed by atoms with Gasteiger partial charge in [-0.05, 0) is 22.8 Å². The Morgan fingerprint density at radius 1 is 1.20 bits per heavy atom. The number of rotatable bonds is 4. The van der Waals surface area contributed by atoms with Gasteiger partial charge in [0.2, 0.25) is 0 Å². The highest BCUT2D eigenvalue weighted by atomic mass is 16.4. The lowest BCUT2D eigenvalue weighted by Gasteiger charge is -2.11. The third-order valence-electron chi connectivity index (χ3n) is 3.20. The summed E-state index contributed by atoms with van der Waals surface area (Å²) in [6.45, 7) is 3.61. The Hall–Kier alpha value is -2.36. The minimum Gasteiger partial charge on any atom is -0.507 e. The molecule has 0 aliphatic carbocycles.